The average Bonchev–Trinajstić information content (AvgIpc) is 3.43. The third-order valence-electron chi connectivity index (χ3n) is 4.87. The van der Waals surface area contributed by atoms with Gasteiger partial charge in [0.1, 0.15) is 5.41 Å². The minimum Gasteiger partial charge on any atom is -0.342 e. The van der Waals surface area contributed by atoms with Gasteiger partial charge in [-0.15, -0.1) is 0 Å². The molecule has 3 amide bonds. The Bertz CT molecular complexity index is 719. The van der Waals surface area contributed by atoms with Crippen molar-refractivity contribution >= 4 is 29.7 Å². The van der Waals surface area contributed by atoms with Crippen LogP contribution in [0.5, 0.6) is 0 Å². The average molecular weight is 343 g/mol. The first-order valence-electron chi connectivity index (χ1n) is 8.37. The van der Waals surface area contributed by atoms with Gasteiger partial charge in [-0.2, -0.15) is 0 Å². The topological polar surface area (TPSA) is 86.8 Å². The third kappa shape index (κ3) is 3.40. The highest BCUT2D eigenvalue weighted by atomic mass is 16.2. The van der Waals surface area contributed by atoms with E-state index >= 15 is 0 Å². The van der Waals surface area contributed by atoms with Crippen molar-refractivity contribution in [1.29, 1.82) is 0 Å². The van der Waals surface area contributed by atoms with E-state index in [1.165, 1.54) is 6.92 Å². The number of hydrogen-bond acceptors (Lipinski definition) is 4. The fraction of sp³-hybridized carbons (Fsp3) is 0.444. The van der Waals surface area contributed by atoms with Crippen molar-refractivity contribution in [1.82, 2.24) is 9.80 Å². The van der Waals surface area contributed by atoms with E-state index in [1.807, 2.05) is 0 Å². The first kappa shape index (κ1) is 17.1. The Morgan fingerprint density at radius 3 is 2.36 bits per heavy atom. The summed E-state index contributed by atoms with van der Waals surface area (Å²) in [6.45, 7) is 3.35. The van der Waals surface area contributed by atoms with Crippen molar-refractivity contribution in [2.24, 2.45) is 5.41 Å². The van der Waals surface area contributed by atoms with Crippen molar-refractivity contribution in [3.05, 3.63) is 29.8 Å². The van der Waals surface area contributed by atoms with Crippen LogP contribution < -0.4 is 5.32 Å². The highest BCUT2D eigenvalue weighted by Gasteiger charge is 2.58. The van der Waals surface area contributed by atoms with Gasteiger partial charge in [-0.1, -0.05) is 12.1 Å². The van der Waals surface area contributed by atoms with Crippen LogP contribution in [0.15, 0.2) is 24.3 Å². The summed E-state index contributed by atoms with van der Waals surface area (Å²) in [5, 5.41) is 2.77. The van der Waals surface area contributed by atoms with E-state index in [9.17, 15) is 19.2 Å². The summed E-state index contributed by atoms with van der Waals surface area (Å²) < 4.78 is 0. The lowest BCUT2D eigenvalue weighted by atomic mass is 10.0. The number of benzene rings is 1. The minimum absolute atomic E-state index is 0.0821. The standard InChI is InChI=1S/C18H21N3O4/c1-13(23)14-3-2-4-15(11-14)19-16(24)18(5-6-18)17(25)21-9-7-20(12-22)8-10-21/h2-4,11-12H,5-10H2,1H3,(H,19,24). The molecule has 2 aliphatic rings. The molecule has 0 unspecified atom stereocenters. The Balaban J connectivity index is 1.67. The smallest absolute Gasteiger partial charge is 0.240 e. The van der Waals surface area contributed by atoms with E-state index in [4.69, 9.17) is 0 Å². The highest BCUT2D eigenvalue weighted by Crippen LogP contribution is 2.48. The summed E-state index contributed by atoms with van der Waals surface area (Å²) in [7, 11) is 0. The van der Waals surface area contributed by atoms with E-state index in [1.54, 1.807) is 34.1 Å². The molecule has 7 heteroatoms. The number of Topliss-reactive ketones (excluding diaryl/α,β-unsaturated/α-hetero) is 1. The summed E-state index contributed by atoms with van der Waals surface area (Å²) in [4.78, 5) is 51.0. The fourth-order valence-electron chi connectivity index (χ4n) is 3.06. The predicted octanol–water partition coefficient (Wildman–Crippen LogP) is 0.908. The Labute approximate surface area is 146 Å². The zero-order chi connectivity index (χ0) is 18.0. The van der Waals surface area contributed by atoms with Crippen LogP contribution in [0.1, 0.15) is 30.1 Å². The maximum absolute atomic E-state index is 12.8. The maximum Gasteiger partial charge on any atom is 0.240 e. The van der Waals surface area contributed by atoms with Crippen molar-refractivity contribution < 1.29 is 19.2 Å². The molecule has 2 fully saturated rings. The Kier molecular flexibility index (Phi) is 4.57. The number of anilines is 1. The number of nitrogens with one attached hydrogen (secondary N) is 1. The molecule has 132 valence electrons. The summed E-state index contributed by atoms with van der Waals surface area (Å²) in [5.74, 6) is -0.573. The van der Waals surface area contributed by atoms with Gasteiger partial charge in [0.05, 0.1) is 0 Å². The molecule has 1 aromatic carbocycles. The van der Waals surface area contributed by atoms with Crippen LogP contribution in [0.2, 0.25) is 0 Å². The molecule has 0 spiro atoms. The zero-order valence-electron chi connectivity index (χ0n) is 14.2. The van der Waals surface area contributed by atoms with Gasteiger partial charge >= 0.3 is 0 Å². The molecule has 1 aliphatic heterocycles. The van der Waals surface area contributed by atoms with Crippen molar-refractivity contribution in [3.63, 3.8) is 0 Å². The number of rotatable bonds is 5. The van der Waals surface area contributed by atoms with Crippen LogP contribution in [0.25, 0.3) is 0 Å². The van der Waals surface area contributed by atoms with Gasteiger partial charge in [-0.05, 0) is 31.9 Å². The molecular weight excluding hydrogens is 322 g/mol. The third-order valence-corrected chi connectivity index (χ3v) is 4.87. The monoisotopic (exact) mass is 343 g/mol. The molecule has 0 atom stereocenters. The second kappa shape index (κ2) is 6.66. The Morgan fingerprint density at radius 2 is 1.80 bits per heavy atom. The van der Waals surface area contributed by atoms with Crippen molar-refractivity contribution in [2.75, 3.05) is 31.5 Å². The van der Waals surface area contributed by atoms with Crippen LogP contribution in [-0.4, -0.2) is 60.0 Å². The second-order valence-corrected chi connectivity index (χ2v) is 6.61. The molecule has 25 heavy (non-hydrogen) atoms. The molecule has 1 aliphatic carbocycles. The van der Waals surface area contributed by atoms with E-state index in [0.29, 0.717) is 50.3 Å². The normalized spacial score (nSPS) is 18.4. The van der Waals surface area contributed by atoms with Gasteiger partial charge in [0.15, 0.2) is 5.78 Å². The quantitative estimate of drug-likeness (QED) is 0.489. The number of piperazine rings is 1. The van der Waals surface area contributed by atoms with Crippen LogP contribution in [0.3, 0.4) is 0 Å². The number of ketones is 1. The summed E-state index contributed by atoms with van der Waals surface area (Å²) in [6.07, 6.45) is 1.83. The van der Waals surface area contributed by atoms with Crippen LogP contribution >= 0.6 is 0 Å². The largest absolute Gasteiger partial charge is 0.342 e. The first-order valence-corrected chi connectivity index (χ1v) is 8.37. The number of hydrogen-bond donors (Lipinski definition) is 1. The number of nitrogens with zero attached hydrogens (tertiary/aromatic N) is 2. The zero-order valence-corrected chi connectivity index (χ0v) is 14.2. The first-order chi connectivity index (χ1) is 12.0. The molecular formula is C18H21N3O4. The van der Waals surface area contributed by atoms with Gasteiger partial charge in [0.25, 0.3) is 0 Å². The molecule has 3 rings (SSSR count). The molecule has 0 radical (unpaired) electrons. The van der Waals surface area contributed by atoms with E-state index in [2.05, 4.69) is 5.32 Å². The Morgan fingerprint density at radius 1 is 1.12 bits per heavy atom. The fourth-order valence-corrected chi connectivity index (χ4v) is 3.06. The molecule has 1 heterocycles. The van der Waals surface area contributed by atoms with E-state index in [-0.39, 0.29) is 17.6 Å². The lowest BCUT2D eigenvalue weighted by molar-refractivity contribution is -0.144. The predicted molar refractivity (Wildman–Crippen MR) is 91.0 cm³/mol. The van der Waals surface area contributed by atoms with Crippen LogP contribution in [-0.2, 0) is 14.4 Å². The summed E-state index contributed by atoms with van der Waals surface area (Å²) >= 11 is 0. The SMILES string of the molecule is CC(=O)c1cccc(NC(=O)C2(C(=O)N3CCN(C=O)CC3)CC2)c1. The molecule has 1 saturated carbocycles. The molecule has 0 aromatic heterocycles. The van der Waals surface area contributed by atoms with Crippen molar-refractivity contribution in [3.8, 4) is 0 Å². The van der Waals surface area contributed by atoms with Gasteiger partial charge in [-0.25, -0.2) is 0 Å². The molecule has 1 N–H and O–H groups in total. The van der Waals surface area contributed by atoms with Gasteiger partial charge < -0.3 is 15.1 Å². The Hall–Kier alpha value is -2.70. The second-order valence-electron chi connectivity index (χ2n) is 6.61. The number of amides is 3. The summed E-state index contributed by atoms with van der Waals surface area (Å²) in [5.41, 5.74) is 0.0248. The van der Waals surface area contributed by atoms with Gasteiger partial charge in [0, 0.05) is 37.4 Å². The van der Waals surface area contributed by atoms with E-state index < -0.39 is 5.41 Å². The van der Waals surface area contributed by atoms with Gasteiger partial charge in [-0.3, -0.25) is 19.2 Å². The van der Waals surface area contributed by atoms with Crippen molar-refractivity contribution in [2.45, 2.75) is 19.8 Å². The molecule has 0 bridgehead atoms. The lowest BCUT2D eigenvalue weighted by Crippen LogP contribution is -2.52. The van der Waals surface area contributed by atoms with Crippen LogP contribution in [0.4, 0.5) is 5.69 Å². The number of carbonyl (C=O) groups is 4. The maximum atomic E-state index is 12.8. The lowest BCUT2D eigenvalue weighted by Gasteiger charge is -2.34. The molecule has 7 nitrogen and oxygen atoms in total. The minimum atomic E-state index is -1.00. The highest BCUT2D eigenvalue weighted by molar-refractivity contribution is 6.13. The van der Waals surface area contributed by atoms with Gasteiger partial charge in [0.2, 0.25) is 18.2 Å². The molecule has 1 saturated heterocycles. The van der Waals surface area contributed by atoms with Crippen LogP contribution in [0, 0.1) is 5.41 Å². The van der Waals surface area contributed by atoms with E-state index in [0.717, 1.165) is 6.41 Å². The molecule has 1 aromatic rings. The number of carbonyl (C=O) groups excluding carboxylic acids is 4. The summed E-state index contributed by atoms with van der Waals surface area (Å²) in [6, 6.07) is 6.70.